The second-order valence-corrected chi connectivity index (χ2v) is 8.57. The lowest BCUT2D eigenvalue weighted by Gasteiger charge is -2.13. The molecule has 0 aliphatic heterocycles. The summed E-state index contributed by atoms with van der Waals surface area (Å²) < 4.78 is 0. The summed E-state index contributed by atoms with van der Waals surface area (Å²) in [4.78, 5) is 27.4. The van der Waals surface area contributed by atoms with Gasteiger partial charge in [-0.3, -0.25) is 9.78 Å². The first kappa shape index (κ1) is 20.5. The summed E-state index contributed by atoms with van der Waals surface area (Å²) in [5.74, 6) is 0.752. The van der Waals surface area contributed by atoms with Gasteiger partial charge in [0, 0.05) is 31.4 Å². The van der Waals surface area contributed by atoms with E-state index in [9.17, 15) is 4.79 Å². The molecule has 30 heavy (non-hydrogen) atoms. The highest BCUT2D eigenvalue weighted by Gasteiger charge is 2.19. The van der Waals surface area contributed by atoms with E-state index in [1.54, 1.807) is 12.5 Å². The quantitative estimate of drug-likeness (QED) is 0.517. The van der Waals surface area contributed by atoms with Gasteiger partial charge in [-0.15, -0.1) is 11.3 Å². The van der Waals surface area contributed by atoms with Crippen molar-refractivity contribution < 1.29 is 4.79 Å². The number of hydrogen-bond acceptors (Lipinski definition) is 6. The van der Waals surface area contributed by atoms with Gasteiger partial charge >= 0.3 is 0 Å². The number of fused-ring (bicyclic) bond motifs is 1. The molecule has 2 N–H and O–H groups in total. The number of aromatic nitrogens is 3. The van der Waals surface area contributed by atoms with Gasteiger partial charge in [-0.1, -0.05) is 17.7 Å². The summed E-state index contributed by atoms with van der Waals surface area (Å²) in [5, 5.41) is 7.43. The van der Waals surface area contributed by atoms with Crippen LogP contribution in [0.1, 0.15) is 53.0 Å². The number of carbonyl (C=O) groups excluding carboxylic acids is 1. The Bertz CT molecular complexity index is 1040. The van der Waals surface area contributed by atoms with Gasteiger partial charge in [0.2, 0.25) is 0 Å². The van der Waals surface area contributed by atoms with Crippen LogP contribution >= 0.6 is 11.3 Å². The third-order valence-electron chi connectivity index (χ3n) is 5.45. The number of anilines is 1. The van der Waals surface area contributed by atoms with E-state index >= 15 is 0 Å². The number of hydrogen-bond donors (Lipinski definition) is 2. The van der Waals surface area contributed by atoms with Crippen LogP contribution in [0.15, 0.2) is 42.4 Å². The lowest BCUT2D eigenvalue weighted by molar-refractivity contribution is 0.0957. The highest BCUT2D eigenvalue weighted by atomic mass is 32.1. The zero-order valence-corrected chi connectivity index (χ0v) is 18.1. The number of amides is 1. The molecule has 0 atom stereocenters. The van der Waals surface area contributed by atoms with Crippen molar-refractivity contribution in [3.63, 3.8) is 0 Å². The van der Waals surface area contributed by atoms with Crippen LogP contribution in [0.5, 0.6) is 0 Å². The lowest BCUT2D eigenvalue weighted by Crippen LogP contribution is -2.25. The SMILES string of the molecule is Cc1c(C(=O)NCCc2ccccn2)sc2ncnc(NCCC3=CCCCC3)c12. The molecule has 0 saturated carbocycles. The third kappa shape index (κ3) is 4.84. The summed E-state index contributed by atoms with van der Waals surface area (Å²) in [6, 6.07) is 5.81. The predicted molar refractivity (Wildman–Crippen MR) is 122 cm³/mol. The molecule has 0 saturated heterocycles. The number of nitrogens with one attached hydrogen (secondary N) is 2. The van der Waals surface area contributed by atoms with Crippen LogP contribution in [0.4, 0.5) is 5.82 Å². The number of nitrogens with zero attached hydrogens (tertiary/aromatic N) is 3. The molecule has 4 rings (SSSR count). The van der Waals surface area contributed by atoms with Crippen molar-refractivity contribution in [1.29, 1.82) is 0 Å². The Morgan fingerprint density at radius 1 is 1.13 bits per heavy atom. The Balaban J connectivity index is 1.41. The largest absolute Gasteiger partial charge is 0.369 e. The molecule has 0 fully saturated rings. The number of rotatable bonds is 8. The average Bonchev–Trinajstić information content (AvgIpc) is 3.13. The number of allylic oxidation sites excluding steroid dienone is 1. The van der Waals surface area contributed by atoms with Gasteiger partial charge in [-0.2, -0.15) is 0 Å². The molecule has 0 spiro atoms. The van der Waals surface area contributed by atoms with E-state index in [1.165, 1.54) is 42.6 Å². The molecule has 6 nitrogen and oxygen atoms in total. The maximum Gasteiger partial charge on any atom is 0.261 e. The molecule has 1 aliphatic rings. The van der Waals surface area contributed by atoms with E-state index in [0.29, 0.717) is 17.8 Å². The number of carbonyl (C=O) groups is 1. The van der Waals surface area contributed by atoms with E-state index in [1.807, 2.05) is 25.1 Å². The maximum absolute atomic E-state index is 12.8. The second-order valence-electron chi connectivity index (χ2n) is 7.57. The molecule has 1 amide bonds. The first-order valence-corrected chi connectivity index (χ1v) is 11.4. The van der Waals surface area contributed by atoms with E-state index in [2.05, 4.69) is 31.7 Å². The van der Waals surface area contributed by atoms with Crippen molar-refractivity contribution >= 4 is 33.3 Å². The number of pyridine rings is 1. The smallest absolute Gasteiger partial charge is 0.261 e. The van der Waals surface area contributed by atoms with Gasteiger partial charge in [0.1, 0.15) is 17.0 Å². The van der Waals surface area contributed by atoms with Gasteiger partial charge < -0.3 is 10.6 Å². The molecule has 3 heterocycles. The Morgan fingerprint density at radius 2 is 2.07 bits per heavy atom. The Labute approximate surface area is 180 Å². The maximum atomic E-state index is 12.8. The van der Waals surface area contributed by atoms with Gasteiger partial charge in [0.15, 0.2) is 0 Å². The standard InChI is InChI=1S/C23H27N5OS/c1-16-19-21(25-13-10-17-7-3-2-4-8-17)27-15-28-23(19)30-20(16)22(29)26-14-11-18-9-5-6-12-24-18/h5-7,9,12,15H,2-4,8,10-11,13-14H2,1H3,(H,26,29)(H,25,27,28). The van der Waals surface area contributed by atoms with Crippen LogP contribution in [0.3, 0.4) is 0 Å². The highest BCUT2D eigenvalue weighted by Crippen LogP contribution is 2.33. The van der Waals surface area contributed by atoms with Crippen molar-refractivity contribution in [3.05, 3.63) is 58.5 Å². The fraction of sp³-hybridized carbons (Fsp3) is 0.391. The van der Waals surface area contributed by atoms with Crippen LogP contribution in [0.25, 0.3) is 10.2 Å². The zero-order valence-electron chi connectivity index (χ0n) is 17.3. The minimum atomic E-state index is -0.0651. The molecule has 7 heteroatoms. The summed E-state index contributed by atoms with van der Waals surface area (Å²) in [6.45, 7) is 3.37. The van der Waals surface area contributed by atoms with Gasteiger partial charge in [0.25, 0.3) is 5.91 Å². The Morgan fingerprint density at radius 3 is 2.87 bits per heavy atom. The second kappa shape index (κ2) is 9.80. The van der Waals surface area contributed by atoms with Gasteiger partial charge in [0.05, 0.1) is 10.3 Å². The molecule has 0 radical (unpaired) electrons. The van der Waals surface area contributed by atoms with E-state index in [4.69, 9.17) is 0 Å². The minimum absolute atomic E-state index is 0.0651. The van der Waals surface area contributed by atoms with Crippen molar-refractivity contribution in [3.8, 4) is 0 Å². The molecule has 3 aromatic rings. The van der Waals surface area contributed by atoms with Crippen LogP contribution in [-0.2, 0) is 6.42 Å². The summed E-state index contributed by atoms with van der Waals surface area (Å²) in [5.41, 5.74) is 3.44. The van der Waals surface area contributed by atoms with Gasteiger partial charge in [-0.25, -0.2) is 9.97 Å². The molecular formula is C23H27N5OS. The zero-order chi connectivity index (χ0) is 20.8. The summed E-state index contributed by atoms with van der Waals surface area (Å²) >= 11 is 1.42. The van der Waals surface area contributed by atoms with Crippen LogP contribution < -0.4 is 10.6 Å². The first-order valence-electron chi connectivity index (χ1n) is 10.6. The highest BCUT2D eigenvalue weighted by molar-refractivity contribution is 7.20. The molecule has 1 aliphatic carbocycles. The van der Waals surface area contributed by atoms with E-state index in [-0.39, 0.29) is 5.91 Å². The first-order chi connectivity index (χ1) is 14.7. The molecular weight excluding hydrogens is 394 g/mol. The fourth-order valence-corrected chi connectivity index (χ4v) is 4.89. The predicted octanol–water partition coefficient (Wildman–Crippen LogP) is 4.67. The normalized spacial score (nSPS) is 13.8. The molecule has 3 aromatic heterocycles. The molecule has 156 valence electrons. The molecule has 0 aromatic carbocycles. The third-order valence-corrected chi connectivity index (χ3v) is 6.65. The van der Waals surface area contributed by atoms with Crippen LogP contribution in [0, 0.1) is 6.92 Å². The van der Waals surface area contributed by atoms with Crippen LogP contribution in [0.2, 0.25) is 0 Å². The van der Waals surface area contributed by atoms with E-state index in [0.717, 1.165) is 40.3 Å². The fourth-order valence-electron chi connectivity index (χ4n) is 3.83. The van der Waals surface area contributed by atoms with Crippen molar-refractivity contribution in [2.45, 2.75) is 45.4 Å². The Hall–Kier alpha value is -2.80. The Kier molecular flexibility index (Phi) is 6.69. The number of thiophene rings is 1. The van der Waals surface area contributed by atoms with Crippen molar-refractivity contribution in [1.82, 2.24) is 20.3 Å². The topological polar surface area (TPSA) is 79.8 Å². The van der Waals surface area contributed by atoms with Gasteiger partial charge in [-0.05, 0) is 56.7 Å². The minimum Gasteiger partial charge on any atom is -0.369 e. The monoisotopic (exact) mass is 421 g/mol. The number of aryl methyl sites for hydroxylation is 1. The summed E-state index contributed by atoms with van der Waals surface area (Å²) in [7, 11) is 0. The van der Waals surface area contributed by atoms with Crippen LogP contribution in [-0.4, -0.2) is 33.9 Å². The molecule has 0 bridgehead atoms. The van der Waals surface area contributed by atoms with Crippen molar-refractivity contribution in [2.75, 3.05) is 18.4 Å². The molecule has 0 unspecified atom stereocenters. The summed E-state index contributed by atoms with van der Waals surface area (Å²) in [6.07, 6.45) is 12.5. The lowest BCUT2D eigenvalue weighted by atomic mass is 9.97. The van der Waals surface area contributed by atoms with Crippen molar-refractivity contribution in [2.24, 2.45) is 0 Å². The van der Waals surface area contributed by atoms with E-state index < -0.39 is 0 Å². The average molecular weight is 422 g/mol.